The van der Waals surface area contributed by atoms with E-state index in [4.69, 9.17) is 25.8 Å². The number of halogens is 1. The van der Waals surface area contributed by atoms with Gasteiger partial charge >= 0.3 is 5.97 Å². The highest BCUT2D eigenvalue weighted by Crippen LogP contribution is 2.45. The molecule has 3 aromatic rings. The first-order valence-corrected chi connectivity index (χ1v) is 11.9. The number of benzene rings is 3. The first kappa shape index (κ1) is 26.6. The second-order valence-corrected chi connectivity index (χ2v) is 8.63. The van der Waals surface area contributed by atoms with Crippen molar-refractivity contribution in [1.29, 1.82) is 0 Å². The van der Waals surface area contributed by atoms with Crippen LogP contribution in [0, 0.1) is 0 Å². The van der Waals surface area contributed by atoms with Crippen molar-refractivity contribution in [3.8, 4) is 17.2 Å². The maximum absolute atomic E-state index is 13.4. The van der Waals surface area contributed by atoms with Crippen molar-refractivity contribution in [2.24, 2.45) is 0 Å². The molecule has 1 unspecified atom stereocenters. The van der Waals surface area contributed by atoms with Gasteiger partial charge in [-0.1, -0.05) is 23.7 Å². The van der Waals surface area contributed by atoms with E-state index in [0.717, 1.165) is 0 Å². The number of nitrogens with zero attached hydrogens (tertiary/aromatic N) is 1. The molecule has 1 aliphatic rings. The minimum absolute atomic E-state index is 0.0783. The number of esters is 1. The average molecular weight is 538 g/mol. The van der Waals surface area contributed by atoms with Crippen LogP contribution in [0.4, 0.5) is 5.69 Å². The maximum Gasteiger partial charge on any atom is 0.338 e. The Morgan fingerprint density at radius 2 is 1.68 bits per heavy atom. The number of phenols is 1. The second-order valence-electron chi connectivity index (χ2n) is 8.22. The largest absolute Gasteiger partial charge is 0.508 e. The first-order chi connectivity index (χ1) is 18.2. The van der Waals surface area contributed by atoms with E-state index < -0.39 is 29.5 Å². The van der Waals surface area contributed by atoms with Crippen molar-refractivity contribution in [2.75, 3.05) is 25.7 Å². The van der Waals surface area contributed by atoms with E-state index in [0.29, 0.717) is 5.56 Å². The van der Waals surface area contributed by atoms with Crippen molar-refractivity contribution in [1.82, 2.24) is 0 Å². The Bertz CT molecular complexity index is 1450. The number of amides is 1. The highest BCUT2D eigenvalue weighted by atomic mass is 35.5. The van der Waals surface area contributed by atoms with Crippen molar-refractivity contribution in [2.45, 2.75) is 13.0 Å². The molecule has 0 saturated carbocycles. The molecule has 4 rings (SSSR count). The standard InChI is InChI=1S/C28H24ClNO8/c1-4-38-28(35)15-8-10-17(11-9-15)30-24(16-6-5-7-18(31)12-16)23(26(33)27(30)34)25(32)19-13-22(37-3)20(29)14-21(19)36-2/h5-14,24,31-32H,4H2,1-3H3/b25-23+. The zero-order chi connectivity index (χ0) is 27.6. The Morgan fingerprint density at radius 3 is 2.29 bits per heavy atom. The van der Waals surface area contributed by atoms with E-state index in [2.05, 4.69) is 0 Å². The van der Waals surface area contributed by atoms with Gasteiger partial charge in [-0.25, -0.2) is 4.79 Å². The highest BCUT2D eigenvalue weighted by molar-refractivity contribution is 6.51. The number of rotatable bonds is 7. The third kappa shape index (κ3) is 4.76. The molecule has 1 amide bonds. The van der Waals surface area contributed by atoms with E-state index in [1.807, 2.05) is 0 Å². The van der Waals surface area contributed by atoms with E-state index in [1.54, 1.807) is 19.1 Å². The smallest absolute Gasteiger partial charge is 0.338 e. The number of Topliss-reactive ketones (excluding diaryl/α,β-unsaturated/α-hetero) is 1. The van der Waals surface area contributed by atoms with Gasteiger partial charge in [0.05, 0.1) is 48.6 Å². The number of hydrogen-bond donors (Lipinski definition) is 2. The summed E-state index contributed by atoms with van der Waals surface area (Å²) in [5.41, 5.74) is 0.750. The third-order valence-electron chi connectivity index (χ3n) is 6.02. The van der Waals surface area contributed by atoms with E-state index >= 15 is 0 Å². The minimum Gasteiger partial charge on any atom is -0.508 e. The molecule has 0 aromatic heterocycles. The van der Waals surface area contributed by atoms with Crippen LogP contribution in [0.2, 0.25) is 5.02 Å². The van der Waals surface area contributed by atoms with Gasteiger partial charge in [0.2, 0.25) is 0 Å². The second kappa shape index (κ2) is 10.9. The van der Waals surface area contributed by atoms with Crippen molar-refractivity contribution in [3.63, 3.8) is 0 Å². The maximum atomic E-state index is 13.4. The lowest BCUT2D eigenvalue weighted by Crippen LogP contribution is -2.29. The summed E-state index contributed by atoms with van der Waals surface area (Å²) in [4.78, 5) is 40.1. The molecule has 196 valence electrons. The fourth-order valence-electron chi connectivity index (χ4n) is 4.27. The number of hydrogen-bond acceptors (Lipinski definition) is 8. The molecule has 1 heterocycles. The number of ketones is 1. The SMILES string of the molecule is CCOC(=O)c1ccc(N2C(=O)C(=O)/C(=C(/O)c3cc(OC)c(Cl)cc3OC)C2c2cccc(O)c2)cc1. The van der Waals surface area contributed by atoms with Crippen LogP contribution in [-0.2, 0) is 14.3 Å². The van der Waals surface area contributed by atoms with Crippen LogP contribution in [0.1, 0.15) is 34.5 Å². The van der Waals surface area contributed by atoms with Crippen LogP contribution >= 0.6 is 11.6 Å². The Hall–Kier alpha value is -4.50. The summed E-state index contributed by atoms with van der Waals surface area (Å²) in [6, 6.07) is 13.6. The minimum atomic E-state index is -1.12. The monoisotopic (exact) mass is 537 g/mol. The third-order valence-corrected chi connectivity index (χ3v) is 6.31. The summed E-state index contributed by atoms with van der Waals surface area (Å²) < 4.78 is 15.6. The Kier molecular flexibility index (Phi) is 7.59. The van der Waals surface area contributed by atoms with Gasteiger partial charge in [-0.2, -0.15) is 0 Å². The van der Waals surface area contributed by atoms with Gasteiger partial charge in [0.25, 0.3) is 11.7 Å². The topological polar surface area (TPSA) is 123 Å². The number of anilines is 1. The zero-order valence-corrected chi connectivity index (χ0v) is 21.5. The lowest BCUT2D eigenvalue weighted by atomic mass is 9.94. The molecule has 9 nitrogen and oxygen atoms in total. The Labute approximate surface area is 223 Å². The number of phenolic OH excluding ortho intramolecular Hbond substituents is 1. The molecule has 1 atom stereocenters. The van der Waals surface area contributed by atoms with E-state index in [-0.39, 0.29) is 51.3 Å². The van der Waals surface area contributed by atoms with Gasteiger partial charge in [0.1, 0.15) is 23.0 Å². The Balaban J connectivity index is 1.93. The van der Waals surface area contributed by atoms with E-state index in [9.17, 15) is 24.6 Å². The summed E-state index contributed by atoms with van der Waals surface area (Å²) in [7, 11) is 2.76. The number of carbonyl (C=O) groups excluding carboxylic acids is 3. The van der Waals surface area contributed by atoms with Gasteiger partial charge in [-0.3, -0.25) is 14.5 Å². The summed E-state index contributed by atoms with van der Waals surface area (Å²) in [6.07, 6.45) is 0. The van der Waals surface area contributed by atoms with Crippen molar-refractivity contribution >= 4 is 40.7 Å². The number of aromatic hydroxyl groups is 1. The molecular formula is C28H24ClNO8. The molecule has 0 radical (unpaired) electrons. The van der Waals surface area contributed by atoms with Gasteiger partial charge in [0, 0.05) is 11.8 Å². The lowest BCUT2D eigenvalue weighted by molar-refractivity contribution is -0.132. The Morgan fingerprint density at radius 1 is 1.00 bits per heavy atom. The number of carbonyl (C=O) groups is 3. The van der Waals surface area contributed by atoms with Gasteiger partial charge < -0.3 is 24.4 Å². The quantitative estimate of drug-likeness (QED) is 0.189. The fourth-order valence-corrected chi connectivity index (χ4v) is 4.50. The lowest BCUT2D eigenvalue weighted by Gasteiger charge is -2.26. The number of methoxy groups -OCH3 is 2. The van der Waals surface area contributed by atoms with Crippen LogP contribution in [0.15, 0.2) is 66.2 Å². The molecule has 0 aliphatic carbocycles. The average Bonchev–Trinajstić information content (AvgIpc) is 3.18. The van der Waals surface area contributed by atoms with Crippen LogP contribution < -0.4 is 14.4 Å². The molecular weight excluding hydrogens is 514 g/mol. The van der Waals surface area contributed by atoms with Crippen LogP contribution in [-0.4, -0.2) is 48.7 Å². The molecule has 1 fully saturated rings. The molecule has 0 bridgehead atoms. The molecule has 38 heavy (non-hydrogen) atoms. The molecule has 0 spiro atoms. The normalized spacial score (nSPS) is 16.4. The summed E-state index contributed by atoms with van der Waals surface area (Å²) in [6.45, 7) is 1.89. The number of aliphatic hydroxyl groups is 1. The summed E-state index contributed by atoms with van der Waals surface area (Å²) >= 11 is 6.20. The first-order valence-electron chi connectivity index (χ1n) is 11.5. The van der Waals surface area contributed by atoms with Gasteiger partial charge in [-0.05, 0) is 55.0 Å². The van der Waals surface area contributed by atoms with Crippen molar-refractivity contribution < 1.29 is 38.8 Å². The van der Waals surface area contributed by atoms with Crippen LogP contribution in [0.3, 0.4) is 0 Å². The molecule has 10 heteroatoms. The molecule has 2 N–H and O–H groups in total. The fraction of sp³-hybridized carbons (Fsp3) is 0.179. The van der Waals surface area contributed by atoms with E-state index in [1.165, 1.54) is 67.7 Å². The predicted octanol–water partition coefficient (Wildman–Crippen LogP) is 4.87. The summed E-state index contributed by atoms with van der Waals surface area (Å²) in [5.74, 6) is -2.66. The molecule has 1 saturated heterocycles. The molecule has 3 aromatic carbocycles. The van der Waals surface area contributed by atoms with Crippen molar-refractivity contribution in [3.05, 3.63) is 87.9 Å². The summed E-state index contributed by atoms with van der Waals surface area (Å²) in [5, 5.41) is 21.8. The highest BCUT2D eigenvalue weighted by Gasteiger charge is 2.47. The van der Waals surface area contributed by atoms with Gasteiger partial charge in [0.15, 0.2) is 0 Å². The van der Waals surface area contributed by atoms with Crippen LogP contribution in [0.5, 0.6) is 17.2 Å². The number of ether oxygens (including phenoxy) is 3. The number of aliphatic hydroxyl groups excluding tert-OH is 1. The van der Waals surface area contributed by atoms with Gasteiger partial charge in [-0.15, -0.1) is 0 Å². The molecule has 1 aliphatic heterocycles. The predicted molar refractivity (Wildman–Crippen MR) is 140 cm³/mol. The zero-order valence-electron chi connectivity index (χ0n) is 20.7. The van der Waals surface area contributed by atoms with Crippen LogP contribution in [0.25, 0.3) is 5.76 Å².